The van der Waals surface area contributed by atoms with E-state index in [0.717, 1.165) is 5.69 Å². The van der Waals surface area contributed by atoms with Crippen molar-refractivity contribution in [2.75, 3.05) is 18.0 Å². The number of carboxylic acids is 1. The fraction of sp³-hybridized carbons (Fsp3) is 0.429. The number of hydrogen-bond donors (Lipinski definition) is 1. The van der Waals surface area contributed by atoms with Gasteiger partial charge in [-0.25, -0.2) is 4.68 Å². The fourth-order valence-corrected chi connectivity index (χ4v) is 2.48. The van der Waals surface area contributed by atoms with Crippen LogP contribution in [-0.4, -0.2) is 44.1 Å². The Labute approximate surface area is 122 Å². The van der Waals surface area contributed by atoms with Crippen LogP contribution in [0.5, 0.6) is 0 Å². The summed E-state index contributed by atoms with van der Waals surface area (Å²) in [6.45, 7) is 4.81. The quantitative estimate of drug-likeness (QED) is 0.915. The molecule has 7 heteroatoms. The summed E-state index contributed by atoms with van der Waals surface area (Å²) in [5.41, 5.74) is 0.206. The van der Waals surface area contributed by atoms with E-state index in [9.17, 15) is 9.90 Å². The average Bonchev–Trinajstić information content (AvgIpc) is 3.06. The zero-order chi connectivity index (χ0) is 15.0. The van der Waals surface area contributed by atoms with Crippen LogP contribution in [0.3, 0.4) is 0 Å². The Hall–Kier alpha value is -2.44. The molecule has 3 rings (SSSR count). The molecule has 0 aromatic carbocycles. The van der Waals surface area contributed by atoms with Crippen LogP contribution < -0.4 is 4.90 Å². The van der Waals surface area contributed by atoms with Crippen molar-refractivity contribution in [1.82, 2.24) is 20.0 Å². The number of carbonyl (C=O) groups is 1. The van der Waals surface area contributed by atoms with Crippen molar-refractivity contribution < 1.29 is 9.90 Å². The number of aromatic nitrogens is 4. The van der Waals surface area contributed by atoms with E-state index in [0.29, 0.717) is 31.1 Å². The van der Waals surface area contributed by atoms with Gasteiger partial charge in [0.05, 0.1) is 11.1 Å². The molecule has 21 heavy (non-hydrogen) atoms. The number of carboxylic acid groups (broad SMARTS) is 1. The lowest BCUT2D eigenvalue weighted by Crippen LogP contribution is -2.32. The first kappa shape index (κ1) is 13.5. The van der Waals surface area contributed by atoms with Gasteiger partial charge in [0.15, 0.2) is 11.6 Å². The van der Waals surface area contributed by atoms with E-state index in [1.807, 2.05) is 36.2 Å². The predicted octanol–water partition coefficient (Wildman–Crippen LogP) is 1.27. The van der Waals surface area contributed by atoms with Gasteiger partial charge in [0.2, 0.25) is 0 Å². The van der Waals surface area contributed by atoms with E-state index in [1.54, 1.807) is 11.6 Å². The predicted molar refractivity (Wildman–Crippen MR) is 76.5 cm³/mol. The minimum atomic E-state index is -0.762. The molecule has 1 N–H and O–H groups in total. The highest BCUT2D eigenvalue weighted by molar-refractivity contribution is 5.76. The second kappa shape index (κ2) is 4.83. The highest BCUT2D eigenvalue weighted by Gasteiger charge is 2.40. The van der Waals surface area contributed by atoms with Crippen molar-refractivity contribution in [3.63, 3.8) is 0 Å². The number of aryl methyl sites for hydroxylation is 1. The van der Waals surface area contributed by atoms with Crippen molar-refractivity contribution >= 4 is 11.8 Å². The second-order valence-electron chi connectivity index (χ2n) is 5.69. The van der Waals surface area contributed by atoms with Gasteiger partial charge in [0.25, 0.3) is 0 Å². The molecule has 110 valence electrons. The van der Waals surface area contributed by atoms with Crippen molar-refractivity contribution in [3.8, 4) is 5.82 Å². The van der Waals surface area contributed by atoms with Crippen LogP contribution in [0.25, 0.3) is 5.82 Å². The topological polar surface area (TPSA) is 84.1 Å². The van der Waals surface area contributed by atoms with E-state index in [1.165, 1.54) is 0 Å². The molecule has 2 aromatic heterocycles. The molecule has 0 spiro atoms. The van der Waals surface area contributed by atoms with Crippen LogP contribution in [0, 0.1) is 12.3 Å². The molecule has 0 bridgehead atoms. The number of anilines is 1. The molecule has 1 atom stereocenters. The van der Waals surface area contributed by atoms with Crippen molar-refractivity contribution in [3.05, 3.63) is 30.1 Å². The standard InChI is InChI=1S/C14H17N5O2/c1-10-5-7-19(17-10)12-4-3-11(15-16-12)18-8-6-14(2,9-18)13(20)21/h3-5,7H,6,8-9H2,1-2H3,(H,20,21). The molecular weight excluding hydrogens is 270 g/mol. The molecule has 0 aliphatic carbocycles. The molecule has 1 fully saturated rings. The second-order valence-corrected chi connectivity index (χ2v) is 5.69. The van der Waals surface area contributed by atoms with Crippen LogP contribution in [0.2, 0.25) is 0 Å². The van der Waals surface area contributed by atoms with Gasteiger partial charge in [-0.05, 0) is 38.5 Å². The van der Waals surface area contributed by atoms with Crippen LogP contribution in [0.1, 0.15) is 19.0 Å². The van der Waals surface area contributed by atoms with Gasteiger partial charge in [0, 0.05) is 19.3 Å². The van der Waals surface area contributed by atoms with Crippen LogP contribution >= 0.6 is 0 Å². The van der Waals surface area contributed by atoms with E-state index in [2.05, 4.69) is 15.3 Å². The van der Waals surface area contributed by atoms with E-state index in [4.69, 9.17) is 0 Å². The Morgan fingerprint density at radius 2 is 2.00 bits per heavy atom. The molecular formula is C14H17N5O2. The lowest BCUT2D eigenvalue weighted by Gasteiger charge is -2.20. The Morgan fingerprint density at radius 1 is 1.29 bits per heavy atom. The van der Waals surface area contributed by atoms with Gasteiger partial charge < -0.3 is 10.0 Å². The summed E-state index contributed by atoms with van der Waals surface area (Å²) in [5.74, 6) is 0.584. The van der Waals surface area contributed by atoms with Crippen molar-refractivity contribution in [2.45, 2.75) is 20.3 Å². The van der Waals surface area contributed by atoms with Crippen LogP contribution in [0.15, 0.2) is 24.4 Å². The Morgan fingerprint density at radius 3 is 2.52 bits per heavy atom. The Bertz CT molecular complexity index is 666. The van der Waals surface area contributed by atoms with Gasteiger partial charge >= 0.3 is 5.97 Å². The Balaban J connectivity index is 1.78. The summed E-state index contributed by atoms with van der Waals surface area (Å²) in [5, 5.41) is 21.9. The first-order chi connectivity index (χ1) is 9.98. The SMILES string of the molecule is Cc1ccn(-c2ccc(N3CCC(C)(C(=O)O)C3)nn2)n1. The van der Waals surface area contributed by atoms with Gasteiger partial charge in [-0.1, -0.05) is 0 Å². The summed E-state index contributed by atoms with van der Waals surface area (Å²) in [4.78, 5) is 13.2. The van der Waals surface area contributed by atoms with Crippen molar-refractivity contribution in [2.24, 2.45) is 5.41 Å². The summed E-state index contributed by atoms with van der Waals surface area (Å²) in [7, 11) is 0. The van der Waals surface area contributed by atoms with Gasteiger partial charge in [-0.3, -0.25) is 4.79 Å². The highest BCUT2D eigenvalue weighted by Crippen LogP contribution is 2.32. The zero-order valence-electron chi connectivity index (χ0n) is 12.0. The minimum Gasteiger partial charge on any atom is -0.481 e. The number of aliphatic carboxylic acids is 1. The van der Waals surface area contributed by atoms with Gasteiger partial charge in [-0.15, -0.1) is 10.2 Å². The average molecular weight is 287 g/mol. The molecule has 0 saturated carbocycles. The molecule has 0 radical (unpaired) electrons. The number of hydrogen-bond acceptors (Lipinski definition) is 5. The molecule has 1 aliphatic rings. The highest BCUT2D eigenvalue weighted by atomic mass is 16.4. The minimum absolute atomic E-state index is 0.456. The van der Waals surface area contributed by atoms with Gasteiger partial charge in [0.1, 0.15) is 0 Å². The third-order valence-corrected chi connectivity index (χ3v) is 3.91. The third-order valence-electron chi connectivity index (χ3n) is 3.91. The first-order valence-corrected chi connectivity index (χ1v) is 6.83. The first-order valence-electron chi connectivity index (χ1n) is 6.83. The van der Waals surface area contributed by atoms with Crippen molar-refractivity contribution in [1.29, 1.82) is 0 Å². The number of nitrogens with zero attached hydrogens (tertiary/aromatic N) is 5. The molecule has 1 aliphatic heterocycles. The largest absolute Gasteiger partial charge is 0.481 e. The zero-order valence-corrected chi connectivity index (χ0v) is 12.0. The summed E-state index contributed by atoms with van der Waals surface area (Å²) < 4.78 is 1.66. The lowest BCUT2D eigenvalue weighted by molar-refractivity contribution is -0.146. The summed E-state index contributed by atoms with van der Waals surface area (Å²) in [6.07, 6.45) is 2.44. The molecule has 7 nitrogen and oxygen atoms in total. The molecule has 1 saturated heterocycles. The van der Waals surface area contributed by atoms with Crippen LogP contribution in [0.4, 0.5) is 5.82 Å². The third kappa shape index (κ3) is 2.46. The molecule has 3 heterocycles. The normalized spacial score (nSPS) is 21.7. The summed E-state index contributed by atoms with van der Waals surface area (Å²) >= 11 is 0. The molecule has 1 unspecified atom stereocenters. The lowest BCUT2D eigenvalue weighted by atomic mass is 9.90. The smallest absolute Gasteiger partial charge is 0.311 e. The fourth-order valence-electron chi connectivity index (χ4n) is 2.48. The van der Waals surface area contributed by atoms with Gasteiger partial charge in [-0.2, -0.15) is 5.10 Å². The Kier molecular flexibility index (Phi) is 3.12. The van der Waals surface area contributed by atoms with Crippen LogP contribution in [-0.2, 0) is 4.79 Å². The monoisotopic (exact) mass is 287 g/mol. The van der Waals surface area contributed by atoms with E-state index >= 15 is 0 Å². The maximum absolute atomic E-state index is 11.3. The molecule has 0 amide bonds. The maximum atomic E-state index is 11.3. The van der Waals surface area contributed by atoms with E-state index in [-0.39, 0.29) is 0 Å². The van der Waals surface area contributed by atoms with E-state index < -0.39 is 11.4 Å². The summed E-state index contributed by atoms with van der Waals surface area (Å²) in [6, 6.07) is 5.59. The molecule has 2 aromatic rings. The number of rotatable bonds is 3. The maximum Gasteiger partial charge on any atom is 0.311 e.